The molecule has 1 heterocycles. The van der Waals surface area contributed by atoms with E-state index >= 15 is 0 Å². The molecule has 27 heavy (non-hydrogen) atoms. The number of nitrogens with zero attached hydrogens (tertiary/aromatic N) is 2. The van der Waals surface area contributed by atoms with Gasteiger partial charge in [0.1, 0.15) is 10.5 Å². The fourth-order valence-corrected chi connectivity index (χ4v) is 3.91. The molecule has 0 aliphatic heterocycles. The lowest BCUT2D eigenvalue weighted by atomic mass is 10.0. The van der Waals surface area contributed by atoms with Gasteiger partial charge in [-0.2, -0.15) is 0 Å². The molecule has 5 rings (SSSR count). The number of aromatic nitrogens is 2. The summed E-state index contributed by atoms with van der Waals surface area (Å²) in [6, 6.07) is 33.0. The molecule has 0 saturated heterocycles. The van der Waals surface area contributed by atoms with E-state index in [2.05, 4.69) is 59.2 Å². The lowest BCUT2D eigenvalue weighted by Gasteiger charge is -2.16. The Kier molecular flexibility index (Phi) is 3.80. The Morgan fingerprint density at radius 3 is 2.15 bits per heavy atom. The van der Waals surface area contributed by atoms with Crippen LogP contribution in [0.2, 0.25) is 0 Å². The molecule has 0 fully saturated rings. The number of benzene rings is 4. The van der Waals surface area contributed by atoms with E-state index in [-0.39, 0.29) is 0 Å². The van der Waals surface area contributed by atoms with Crippen molar-refractivity contribution in [2.24, 2.45) is 0 Å². The number of hydrogen-bond donors (Lipinski definition) is 0. The Bertz CT molecular complexity index is 1330. The van der Waals surface area contributed by atoms with Crippen LogP contribution in [0.15, 0.2) is 97.1 Å². The first-order valence-corrected chi connectivity index (χ1v) is 9.29. The zero-order valence-corrected chi connectivity index (χ0v) is 15.4. The summed E-state index contributed by atoms with van der Waals surface area (Å²) in [6.45, 7) is 0. The third-order valence-corrected chi connectivity index (χ3v) is 5.22. The number of para-hydroxylation sites is 2. The van der Waals surface area contributed by atoms with Gasteiger partial charge in [0.2, 0.25) is 0 Å². The van der Waals surface area contributed by atoms with Crippen LogP contribution < -0.4 is 0 Å². The van der Waals surface area contributed by atoms with Crippen LogP contribution in [0.25, 0.3) is 38.8 Å². The van der Waals surface area contributed by atoms with Gasteiger partial charge in [0.15, 0.2) is 0 Å². The van der Waals surface area contributed by atoms with Crippen molar-refractivity contribution in [3.63, 3.8) is 0 Å². The Balaban J connectivity index is 1.96. The SMILES string of the molecule is S=c1c2ccccc2nc(-c2cccc3ccccc23)n1-c1ccccc1. The van der Waals surface area contributed by atoms with Gasteiger partial charge in [-0.15, -0.1) is 0 Å². The molecule has 0 unspecified atom stereocenters. The maximum Gasteiger partial charge on any atom is 0.146 e. The highest BCUT2D eigenvalue weighted by molar-refractivity contribution is 7.71. The molecule has 0 spiro atoms. The van der Waals surface area contributed by atoms with Crippen LogP contribution in [0.4, 0.5) is 0 Å². The fourth-order valence-electron chi connectivity index (χ4n) is 3.55. The number of hydrogen-bond acceptors (Lipinski definition) is 2. The molecular formula is C24H16N2S. The second kappa shape index (κ2) is 6.45. The minimum absolute atomic E-state index is 0.773. The molecule has 0 atom stereocenters. The number of rotatable bonds is 2. The highest BCUT2D eigenvalue weighted by atomic mass is 32.1. The Morgan fingerprint density at radius 1 is 0.630 bits per heavy atom. The predicted octanol–water partition coefficient (Wildman–Crippen LogP) is 6.58. The molecule has 0 N–H and O–H groups in total. The zero-order valence-electron chi connectivity index (χ0n) is 14.5. The van der Waals surface area contributed by atoms with Crippen LogP contribution in [0.5, 0.6) is 0 Å². The minimum atomic E-state index is 0.773. The van der Waals surface area contributed by atoms with Crippen molar-refractivity contribution in [2.45, 2.75) is 0 Å². The van der Waals surface area contributed by atoms with E-state index in [1.54, 1.807) is 0 Å². The predicted molar refractivity (Wildman–Crippen MR) is 115 cm³/mol. The van der Waals surface area contributed by atoms with Crippen molar-refractivity contribution >= 4 is 33.9 Å². The molecule has 1 aromatic heterocycles. The van der Waals surface area contributed by atoms with E-state index < -0.39 is 0 Å². The summed E-state index contributed by atoms with van der Waals surface area (Å²) in [5.41, 5.74) is 3.01. The molecular weight excluding hydrogens is 348 g/mol. The molecule has 0 amide bonds. The number of fused-ring (bicyclic) bond motifs is 2. The fraction of sp³-hybridized carbons (Fsp3) is 0. The summed E-state index contributed by atoms with van der Waals surface area (Å²) in [4.78, 5) is 5.03. The van der Waals surface area contributed by atoms with Gasteiger partial charge >= 0.3 is 0 Å². The first-order valence-electron chi connectivity index (χ1n) is 8.88. The van der Waals surface area contributed by atoms with Crippen molar-refractivity contribution in [2.75, 3.05) is 0 Å². The lowest BCUT2D eigenvalue weighted by Crippen LogP contribution is -2.05. The molecule has 0 saturated carbocycles. The van der Waals surface area contributed by atoms with Crippen LogP contribution in [-0.2, 0) is 0 Å². The molecule has 5 aromatic rings. The highest BCUT2D eigenvalue weighted by Gasteiger charge is 2.14. The largest absolute Gasteiger partial charge is 0.284 e. The maximum absolute atomic E-state index is 5.91. The van der Waals surface area contributed by atoms with Gasteiger partial charge in [-0.25, -0.2) is 4.98 Å². The first-order chi connectivity index (χ1) is 13.3. The quantitative estimate of drug-likeness (QED) is 0.329. The van der Waals surface area contributed by atoms with Crippen molar-refractivity contribution in [1.82, 2.24) is 9.55 Å². The molecule has 128 valence electrons. The van der Waals surface area contributed by atoms with E-state index in [9.17, 15) is 0 Å². The average Bonchev–Trinajstić information content (AvgIpc) is 2.74. The Morgan fingerprint density at radius 2 is 1.30 bits per heavy atom. The minimum Gasteiger partial charge on any atom is -0.284 e. The van der Waals surface area contributed by atoms with E-state index in [1.165, 1.54) is 10.8 Å². The molecule has 0 aliphatic rings. The van der Waals surface area contributed by atoms with Gasteiger partial charge in [0, 0.05) is 16.6 Å². The van der Waals surface area contributed by atoms with Gasteiger partial charge in [-0.05, 0) is 35.0 Å². The first kappa shape index (κ1) is 15.9. The van der Waals surface area contributed by atoms with Crippen LogP contribution in [0.3, 0.4) is 0 Å². The summed E-state index contributed by atoms with van der Waals surface area (Å²) < 4.78 is 2.86. The van der Waals surface area contributed by atoms with Crippen molar-refractivity contribution in [3.8, 4) is 17.1 Å². The molecule has 2 nitrogen and oxygen atoms in total. The summed E-state index contributed by atoms with van der Waals surface area (Å²) in [6.07, 6.45) is 0. The third kappa shape index (κ3) is 2.64. The summed E-state index contributed by atoms with van der Waals surface area (Å²) in [7, 11) is 0. The topological polar surface area (TPSA) is 17.8 Å². The average molecular weight is 364 g/mol. The van der Waals surface area contributed by atoms with Crippen LogP contribution in [0, 0.1) is 4.64 Å². The second-order valence-electron chi connectivity index (χ2n) is 6.46. The van der Waals surface area contributed by atoms with Crippen LogP contribution in [-0.4, -0.2) is 9.55 Å². The molecule has 4 aromatic carbocycles. The summed E-state index contributed by atoms with van der Waals surface area (Å²) >= 11 is 5.91. The van der Waals surface area contributed by atoms with Crippen molar-refractivity contribution < 1.29 is 0 Å². The summed E-state index contributed by atoms with van der Waals surface area (Å²) in [5.74, 6) is 0.863. The maximum atomic E-state index is 5.91. The lowest BCUT2D eigenvalue weighted by molar-refractivity contribution is 1.01. The van der Waals surface area contributed by atoms with E-state index in [4.69, 9.17) is 17.2 Å². The zero-order chi connectivity index (χ0) is 18.2. The van der Waals surface area contributed by atoms with Crippen LogP contribution >= 0.6 is 12.2 Å². The van der Waals surface area contributed by atoms with Crippen molar-refractivity contribution in [3.05, 3.63) is 102 Å². The van der Waals surface area contributed by atoms with Gasteiger partial charge in [-0.3, -0.25) is 4.57 Å². The third-order valence-electron chi connectivity index (χ3n) is 4.82. The van der Waals surface area contributed by atoms with E-state index in [0.717, 1.165) is 32.6 Å². The monoisotopic (exact) mass is 364 g/mol. The van der Waals surface area contributed by atoms with Gasteiger partial charge < -0.3 is 0 Å². The van der Waals surface area contributed by atoms with E-state index in [0.29, 0.717) is 0 Å². The van der Waals surface area contributed by atoms with Gasteiger partial charge in [0.25, 0.3) is 0 Å². The second-order valence-corrected chi connectivity index (χ2v) is 6.84. The Labute approximate surface area is 162 Å². The highest BCUT2D eigenvalue weighted by Crippen LogP contribution is 2.31. The molecule has 3 heteroatoms. The van der Waals surface area contributed by atoms with Crippen LogP contribution in [0.1, 0.15) is 0 Å². The van der Waals surface area contributed by atoms with E-state index in [1.807, 2.05) is 42.5 Å². The van der Waals surface area contributed by atoms with Gasteiger partial charge in [-0.1, -0.05) is 85.0 Å². The van der Waals surface area contributed by atoms with Gasteiger partial charge in [0.05, 0.1) is 5.52 Å². The summed E-state index contributed by atoms with van der Waals surface area (Å²) in [5, 5.41) is 3.35. The smallest absolute Gasteiger partial charge is 0.146 e. The van der Waals surface area contributed by atoms with Crippen molar-refractivity contribution in [1.29, 1.82) is 0 Å². The molecule has 0 radical (unpaired) electrons. The normalized spacial score (nSPS) is 11.1. The molecule has 0 aliphatic carbocycles. The molecule has 0 bridgehead atoms. The Hall–Kier alpha value is -3.30. The standard InChI is InChI=1S/C24H16N2S/c27-24-21-14-6-7-16-22(21)25-23(26(24)18-11-2-1-3-12-18)20-15-8-10-17-9-4-5-13-19(17)20/h1-16H.